The largest absolute Gasteiger partial charge is 0.351 e. The third-order valence-electron chi connectivity index (χ3n) is 3.29. The monoisotopic (exact) mass is 214 g/mol. The zero-order valence-corrected chi connectivity index (χ0v) is 10.4. The quantitative estimate of drug-likeness (QED) is 0.609. The first-order chi connectivity index (χ1) is 7.14. The molecule has 1 amide bonds. The third-order valence-corrected chi connectivity index (χ3v) is 3.29. The van der Waals surface area contributed by atoms with Gasteiger partial charge in [-0.1, -0.05) is 20.8 Å². The normalized spacial score (nSPS) is 11.5. The Morgan fingerprint density at radius 2 is 1.67 bits per heavy atom. The number of unbranched alkanes of at least 4 members (excludes halogenated alkanes) is 1. The molecule has 0 rings (SSSR count). The van der Waals surface area contributed by atoms with Gasteiger partial charge in [-0.15, -0.1) is 0 Å². The summed E-state index contributed by atoms with van der Waals surface area (Å²) >= 11 is 0. The maximum absolute atomic E-state index is 11.7. The molecule has 0 aliphatic carbocycles. The van der Waals surface area contributed by atoms with Crippen molar-refractivity contribution in [1.29, 1.82) is 0 Å². The van der Waals surface area contributed by atoms with Gasteiger partial charge >= 0.3 is 0 Å². The van der Waals surface area contributed by atoms with Gasteiger partial charge in [0.15, 0.2) is 0 Å². The zero-order chi connectivity index (χ0) is 11.7. The molecule has 0 aromatic heterocycles. The van der Waals surface area contributed by atoms with Crippen LogP contribution in [-0.4, -0.2) is 18.0 Å². The van der Waals surface area contributed by atoms with Gasteiger partial charge in [-0.2, -0.15) is 0 Å². The van der Waals surface area contributed by atoms with E-state index < -0.39 is 0 Å². The molecule has 0 aliphatic rings. The summed E-state index contributed by atoms with van der Waals surface area (Å²) in [5.74, 6) is 0.175. The lowest BCUT2D eigenvalue weighted by Gasteiger charge is -2.31. The third kappa shape index (κ3) is 5.17. The van der Waals surface area contributed by atoms with Crippen LogP contribution >= 0.6 is 0 Å². The average molecular weight is 214 g/mol. The Balaban J connectivity index is 4.00. The van der Waals surface area contributed by atoms with Crippen LogP contribution in [0.5, 0.6) is 0 Å². The molecule has 0 atom stereocenters. The van der Waals surface area contributed by atoms with E-state index in [2.05, 4.69) is 26.1 Å². The fourth-order valence-electron chi connectivity index (χ4n) is 1.80. The molecule has 0 aromatic rings. The molecule has 0 saturated heterocycles. The molecule has 0 aromatic carbocycles. The van der Waals surface area contributed by atoms with E-state index in [-0.39, 0.29) is 11.4 Å². The molecule has 0 spiro atoms. The molecule has 0 saturated carbocycles. The Morgan fingerprint density at radius 1 is 1.13 bits per heavy atom. The van der Waals surface area contributed by atoms with Crippen LogP contribution in [-0.2, 0) is 4.79 Å². The molecule has 3 heteroatoms. The lowest BCUT2D eigenvalue weighted by atomic mass is 9.89. The van der Waals surface area contributed by atoms with Crippen LogP contribution in [0, 0.1) is 0 Å². The van der Waals surface area contributed by atoms with Crippen molar-refractivity contribution in [2.45, 2.75) is 64.8 Å². The minimum Gasteiger partial charge on any atom is -0.351 e. The maximum atomic E-state index is 11.7. The summed E-state index contributed by atoms with van der Waals surface area (Å²) < 4.78 is 0. The van der Waals surface area contributed by atoms with Crippen molar-refractivity contribution in [1.82, 2.24) is 5.32 Å². The Morgan fingerprint density at radius 3 is 2.07 bits per heavy atom. The van der Waals surface area contributed by atoms with Crippen LogP contribution in [0.25, 0.3) is 0 Å². The summed E-state index contributed by atoms with van der Waals surface area (Å²) in [4.78, 5) is 11.7. The summed E-state index contributed by atoms with van der Waals surface area (Å²) in [5, 5.41) is 3.16. The first-order valence-electron chi connectivity index (χ1n) is 6.15. The van der Waals surface area contributed by atoms with Crippen LogP contribution in [0.15, 0.2) is 0 Å². The van der Waals surface area contributed by atoms with Crippen molar-refractivity contribution in [3.63, 3.8) is 0 Å². The van der Waals surface area contributed by atoms with E-state index in [1.807, 2.05) is 0 Å². The van der Waals surface area contributed by atoms with Gasteiger partial charge in [0.25, 0.3) is 0 Å². The summed E-state index contributed by atoms with van der Waals surface area (Å²) in [6.07, 6.45) is 5.45. The second-order valence-corrected chi connectivity index (χ2v) is 4.13. The van der Waals surface area contributed by atoms with E-state index in [1.54, 1.807) is 0 Å². The van der Waals surface area contributed by atoms with Crippen LogP contribution < -0.4 is 11.1 Å². The zero-order valence-electron chi connectivity index (χ0n) is 10.4. The number of hydrogen-bond acceptors (Lipinski definition) is 2. The standard InChI is InChI=1S/C12H26N2O/c1-4-12(5-2,6-3)14-11(15)9-7-8-10-13/h4-10,13H2,1-3H3,(H,14,15). The second-order valence-electron chi connectivity index (χ2n) is 4.13. The van der Waals surface area contributed by atoms with Crippen LogP contribution in [0.3, 0.4) is 0 Å². The fraction of sp³-hybridized carbons (Fsp3) is 0.917. The molecule has 15 heavy (non-hydrogen) atoms. The molecule has 0 fully saturated rings. The number of rotatable bonds is 8. The molecular formula is C12H26N2O. The summed E-state index contributed by atoms with van der Waals surface area (Å²) in [6.45, 7) is 7.07. The van der Waals surface area contributed by atoms with Crippen LogP contribution in [0.4, 0.5) is 0 Å². The summed E-state index contributed by atoms with van der Waals surface area (Å²) in [5.41, 5.74) is 5.40. The molecule has 0 radical (unpaired) electrons. The Bertz CT molecular complexity index is 168. The molecule has 3 nitrogen and oxygen atoms in total. The minimum atomic E-state index is 0.0137. The fourth-order valence-corrected chi connectivity index (χ4v) is 1.80. The van der Waals surface area contributed by atoms with E-state index in [9.17, 15) is 4.79 Å². The highest BCUT2D eigenvalue weighted by atomic mass is 16.1. The number of carbonyl (C=O) groups is 1. The molecular weight excluding hydrogens is 188 g/mol. The summed E-state index contributed by atoms with van der Waals surface area (Å²) in [6, 6.07) is 0. The van der Waals surface area contributed by atoms with Gasteiger partial charge in [-0.25, -0.2) is 0 Å². The molecule has 0 heterocycles. The van der Waals surface area contributed by atoms with E-state index >= 15 is 0 Å². The SMILES string of the molecule is CCC(CC)(CC)NC(=O)CCCCN. The number of nitrogens with one attached hydrogen (secondary N) is 1. The van der Waals surface area contributed by atoms with E-state index in [1.165, 1.54) is 0 Å². The molecule has 0 bridgehead atoms. The Hall–Kier alpha value is -0.570. The minimum absolute atomic E-state index is 0.0137. The Kier molecular flexibility index (Phi) is 7.39. The highest BCUT2D eigenvalue weighted by Crippen LogP contribution is 2.19. The first-order valence-corrected chi connectivity index (χ1v) is 6.15. The van der Waals surface area contributed by atoms with E-state index in [0.717, 1.165) is 32.1 Å². The van der Waals surface area contributed by atoms with Gasteiger partial charge in [0.1, 0.15) is 0 Å². The van der Waals surface area contributed by atoms with Gasteiger partial charge in [-0.3, -0.25) is 4.79 Å². The van der Waals surface area contributed by atoms with Gasteiger partial charge in [0.05, 0.1) is 0 Å². The number of hydrogen-bond donors (Lipinski definition) is 2. The van der Waals surface area contributed by atoms with Crippen molar-refractivity contribution >= 4 is 5.91 Å². The maximum Gasteiger partial charge on any atom is 0.220 e. The van der Waals surface area contributed by atoms with Crippen molar-refractivity contribution in [3.05, 3.63) is 0 Å². The Labute approximate surface area is 93.8 Å². The number of amides is 1. The highest BCUT2D eigenvalue weighted by Gasteiger charge is 2.25. The smallest absolute Gasteiger partial charge is 0.220 e. The predicted octanol–water partition coefficient (Wildman–Crippen LogP) is 2.20. The van der Waals surface area contributed by atoms with Crippen LogP contribution in [0.2, 0.25) is 0 Å². The molecule has 0 aliphatic heterocycles. The number of carbonyl (C=O) groups excluding carboxylic acids is 1. The van der Waals surface area contributed by atoms with Gasteiger partial charge < -0.3 is 11.1 Å². The molecule has 90 valence electrons. The lowest BCUT2D eigenvalue weighted by molar-refractivity contribution is -0.123. The second kappa shape index (κ2) is 7.69. The van der Waals surface area contributed by atoms with E-state index in [0.29, 0.717) is 13.0 Å². The predicted molar refractivity (Wildman–Crippen MR) is 64.7 cm³/mol. The van der Waals surface area contributed by atoms with E-state index in [4.69, 9.17) is 5.73 Å². The average Bonchev–Trinajstić information content (AvgIpc) is 2.26. The molecule has 3 N–H and O–H groups in total. The van der Waals surface area contributed by atoms with Crippen molar-refractivity contribution in [3.8, 4) is 0 Å². The highest BCUT2D eigenvalue weighted by molar-refractivity contribution is 5.76. The van der Waals surface area contributed by atoms with Crippen molar-refractivity contribution in [2.75, 3.05) is 6.54 Å². The molecule has 0 unspecified atom stereocenters. The van der Waals surface area contributed by atoms with Crippen molar-refractivity contribution in [2.24, 2.45) is 5.73 Å². The summed E-state index contributed by atoms with van der Waals surface area (Å²) in [7, 11) is 0. The van der Waals surface area contributed by atoms with Crippen molar-refractivity contribution < 1.29 is 4.79 Å². The topological polar surface area (TPSA) is 55.1 Å². The van der Waals surface area contributed by atoms with Gasteiger partial charge in [0, 0.05) is 12.0 Å². The number of nitrogens with two attached hydrogens (primary N) is 1. The first kappa shape index (κ1) is 14.4. The van der Waals surface area contributed by atoms with Gasteiger partial charge in [-0.05, 0) is 38.6 Å². The lowest BCUT2D eigenvalue weighted by Crippen LogP contribution is -2.47. The van der Waals surface area contributed by atoms with Gasteiger partial charge in [0.2, 0.25) is 5.91 Å². The van der Waals surface area contributed by atoms with Crippen LogP contribution in [0.1, 0.15) is 59.3 Å².